The molecule has 3 atom stereocenters. The Kier molecular flexibility index (Phi) is 3.99. The first-order chi connectivity index (χ1) is 7.22. The van der Waals surface area contributed by atoms with Gasteiger partial charge in [0.1, 0.15) is 0 Å². The van der Waals surface area contributed by atoms with E-state index in [9.17, 15) is 4.79 Å². The van der Waals surface area contributed by atoms with Crippen LogP contribution >= 0.6 is 27.7 Å². The molecule has 1 amide bonds. The number of nitrogens with zero attached hydrogens (tertiary/aromatic N) is 1. The predicted molar refractivity (Wildman–Crippen MR) is 68.6 cm³/mol. The number of rotatable bonds is 2. The van der Waals surface area contributed by atoms with E-state index in [0.717, 1.165) is 25.9 Å². The van der Waals surface area contributed by atoms with Crippen LogP contribution in [0.15, 0.2) is 0 Å². The van der Waals surface area contributed by atoms with Crippen LogP contribution in [0.5, 0.6) is 0 Å². The normalized spacial score (nSPS) is 36.1. The Labute approximate surface area is 104 Å². The Morgan fingerprint density at radius 2 is 2.33 bits per heavy atom. The maximum absolute atomic E-state index is 12.1. The van der Waals surface area contributed by atoms with Gasteiger partial charge >= 0.3 is 0 Å². The van der Waals surface area contributed by atoms with Crippen LogP contribution < -0.4 is 0 Å². The van der Waals surface area contributed by atoms with Crippen molar-refractivity contribution in [2.45, 2.75) is 36.3 Å². The first-order valence-corrected chi connectivity index (χ1v) is 7.73. The first kappa shape index (κ1) is 11.8. The smallest absolute Gasteiger partial charge is 0.235 e. The summed E-state index contributed by atoms with van der Waals surface area (Å²) in [6, 6.07) is 0. The highest BCUT2D eigenvalue weighted by Gasteiger charge is 2.36. The minimum absolute atomic E-state index is 0.264. The van der Waals surface area contributed by atoms with Crippen molar-refractivity contribution in [2.24, 2.45) is 5.92 Å². The van der Waals surface area contributed by atoms with Gasteiger partial charge in [0, 0.05) is 17.9 Å². The molecule has 0 aromatic carbocycles. The van der Waals surface area contributed by atoms with E-state index >= 15 is 0 Å². The lowest BCUT2D eigenvalue weighted by Gasteiger charge is -2.19. The maximum atomic E-state index is 12.1. The second-order valence-corrected chi connectivity index (χ2v) is 6.92. The molecule has 3 unspecified atom stereocenters. The fraction of sp³-hybridized carbons (Fsp3) is 0.909. The van der Waals surface area contributed by atoms with Crippen molar-refractivity contribution in [1.29, 1.82) is 0 Å². The Balaban J connectivity index is 1.91. The number of hydrogen-bond acceptors (Lipinski definition) is 2. The number of halogens is 1. The SMILES string of the molecule is CCC1CN(C(=O)C2CCCS2)CC1Br. The minimum Gasteiger partial charge on any atom is -0.340 e. The van der Waals surface area contributed by atoms with Crippen molar-refractivity contribution < 1.29 is 4.79 Å². The van der Waals surface area contributed by atoms with E-state index in [-0.39, 0.29) is 5.25 Å². The summed E-state index contributed by atoms with van der Waals surface area (Å²) in [6.07, 6.45) is 3.46. The van der Waals surface area contributed by atoms with Crippen molar-refractivity contribution in [1.82, 2.24) is 4.90 Å². The van der Waals surface area contributed by atoms with Crippen molar-refractivity contribution in [3.8, 4) is 0 Å². The molecule has 2 saturated heterocycles. The maximum Gasteiger partial charge on any atom is 0.235 e. The number of alkyl halides is 1. The summed E-state index contributed by atoms with van der Waals surface area (Å²) in [4.78, 5) is 14.7. The van der Waals surface area contributed by atoms with E-state index in [1.165, 1.54) is 12.2 Å². The van der Waals surface area contributed by atoms with Crippen LogP contribution in [-0.2, 0) is 4.79 Å². The van der Waals surface area contributed by atoms with Crippen molar-refractivity contribution in [3.05, 3.63) is 0 Å². The Morgan fingerprint density at radius 3 is 2.87 bits per heavy atom. The number of likely N-dealkylation sites (tertiary alicyclic amines) is 1. The van der Waals surface area contributed by atoms with Crippen LogP contribution in [0.2, 0.25) is 0 Å². The molecule has 0 N–H and O–H groups in total. The number of carbonyl (C=O) groups excluding carboxylic acids is 1. The van der Waals surface area contributed by atoms with Crippen LogP contribution in [0.4, 0.5) is 0 Å². The lowest BCUT2D eigenvalue weighted by molar-refractivity contribution is -0.129. The average molecular weight is 292 g/mol. The molecule has 15 heavy (non-hydrogen) atoms. The molecular formula is C11H18BrNOS. The first-order valence-electron chi connectivity index (χ1n) is 5.76. The molecule has 2 aliphatic heterocycles. The van der Waals surface area contributed by atoms with Gasteiger partial charge in [-0.2, -0.15) is 0 Å². The van der Waals surface area contributed by atoms with Gasteiger partial charge in [-0.25, -0.2) is 0 Å². The van der Waals surface area contributed by atoms with E-state index < -0.39 is 0 Å². The Hall–Kier alpha value is 0.300. The van der Waals surface area contributed by atoms with Crippen molar-refractivity contribution >= 4 is 33.6 Å². The summed E-state index contributed by atoms with van der Waals surface area (Å²) < 4.78 is 0. The minimum atomic E-state index is 0.264. The van der Waals surface area contributed by atoms with Crippen LogP contribution in [-0.4, -0.2) is 39.7 Å². The van der Waals surface area contributed by atoms with Crippen LogP contribution in [0, 0.1) is 5.92 Å². The summed E-state index contributed by atoms with van der Waals surface area (Å²) in [5.74, 6) is 2.21. The third-order valence-corrected chi connectivity index (χ3v) is 5.80. The molecule has 0 spiro atoms. The molecule has 0 aromatic heterocycles. The number of amides is 1. The molecule has 86 valence electrons. The lowest BCUT2D eigenvalue weighted by Crippen LogP contribution is -2.35. The van der Waals surface area contributed by atoms with Gasteiger partial charge in [-0.05, 0) is 24.5 Å². The standard InChI is InChI=1S/C11H18BrNOS/c1-2-8-6-13(7-9(8)12)11(14)10-4-3-5-15-10/h8-10H,2-7H2,1H3. The fourth-order valence-electron chi connectivity index (χ4n) is 2.37. The topological polar surface area (TPSA) is 20.3 Å². The zero-order valence-corrected chi connectivity index (χ0v) is 11.5. The summed E-state index contributed by atoms with van der Waals surface area (Å²) in [7, 11) is 0. The highest BCUT2D eigenvalue weighted by molar-refractivity contribution is 9.09. The van der Waals surface area contributed by atoms with Gasteiger partial charge in [0.05, 0.1) is 5.25 Å². The van der Waals surface area contributed by atoms with E-state index in [0.29, 0.717) is 16.7 Å². The van der Waals surface area contributed by atoms with Gasteiger partial charge in [0.25, 0.3) is 0 Å². The molecular weight excluding hydrogens is 274 g/mol. The molecule has 4 heteroatoms. The molecule has 2 nitrogen and oxygen atoms in total. The molecule has 2 aliphatic rings. The van der Waals surface area contributed by atoms with E-state index in [1.807, 2.05) is 11.8 Å². The van der Waals surface area contributed by atoms with Gasteiger partial charge in [-0.1, -0.05) is 29.3 Å². The van der Waals surface area contributed by atoms with Gasteiger partial charge in [-0.15, -0.1) is 11.8 Å². The van der Waals surface area contributed by atoms with Crippen molar-refractivity contribution in [3.63, 3.8) is 0 Å². The summed E-state index contributed by atoms with van der Waals surface area (Å²) in [5.41, 5.74) is 0. The molecule has 2 rings (SSSR count). The number of thioether (sulfide) groups is 1. The third kappa shape index (κ3) is 2.52. The average Bonchev–Trinajstić information content (AvgIpc) is 2.85. The highest BCUT2D eigenvalue weighted by Crippen LogP contribution is 2.32. The number of hydrogen-bond donors (Lipinski definition) is 0. The second-order valence-electron chi connectivity index (χ2n) is 4.43. The summed E-state index contributed by atoms with van der Waals surface area (Å²) in [5, 5.41) is 0.264. The molecule has 0 aromatic rings. The second kappa shape index (κ2) is 5.09. The van der Waals surface area contributed by atoms with E-state index in [2.05, 4.69) is 27.8 Å². The van der Waals surface area contributed by atoms with Crippen LogP contribution in [0.25, 0.3) is 0 Å². The quantitative estimate of drug-likeness (QED) is 0.729. The van der Waals surface area contributed by atoms with Crippen LogP contribution in [0.1, 0.15) is 26.2 Å². The summed E-state index contributed by atoms with van der Waals surface area (Å²) in [6.45, 7) is 4.08. The van der Waals surface area contributed by atoms with Gasteiger partial charge < -0.3 is 4.90 Å². The zero-order valence-electron chi connectivity index (χ0n) is 9.12. The summed E-state index contributed by atoms with van der Waals surface area (Å²) >= 11 is 5.52. The highest BCUT2D eigenvalue weighted by atomic mass is 79.9. The molecule has 0 bridgehead atoms. The molecule has 0 saturated carbocycles. The number of carbonyl (C=O) groups is 1. The van der Waals surface area contributed by atoms with Gasteiger partial charge in [-0.3, -0.25) is 4.79 Å². The molecule has 0 radical (unpaired) electrons. The van der Waals surface area contributed by atoms with Crippen LogP contribution in [0.3, 0.4) is 0 Å². The third-order valence-electron chi connectivity index (χ3n) is 3.40. The zero-order chi connectivity index (χ0) is 10.8. The van der Waals surface area contributed by atoms with Gasteiger partial charge in [0.15, 0.2) is 0 Å². The predicted octanol–water partition coefficient (Wildman–Crippen LogP) is 2.51. The molecule has 0 aliphatic carbocycles. The Bertz CT molecular complexity index is 243. The molecule has 2 heterocycles. The fourth-order valence-corrected chi connectivity index (χ4v) is 4.51. The lowest BCUT2D eigenvalue weighted by atomic mass is 10.1. The van der Waals surface area contributed by atoms with E-state index in [4.69, 9.17) is 0 Å². The van der Waals surface area contributed by atoms with Crippen molar-refractivity contribution in [2.75, 3.05) is 18.8 Å². The van der Waals surface area contributed by atoms with Gasteiger partial charge in [0.2, 0.25) is 5.91 Å². The largest absolute Gasteiger partial charge is 0.340 e. The van der Waals surface area contributed by atoms with E-state index in [1.54, 1.807) is 0 Å². The Morgan fingerprint density at radius 1 is 1.53 bits per heavy atom. The molecule has 2 fully saturated rings. The monoisotopic (exact) mass is 291 g/mol.